The lowest BCUT2D eigenvalue weighted by molar-refractivity contribution is 0.208. The molecule has 0 aliphatic rings. The topological polar surface area (TPSA) is 15.3 Å². The van der Waals surface area contributed by atoms with Gasteiger partial charge in [-0.05, 0) is 38.9 Å². The Bertz CT molecular complexity index is 320. The Morgan fingerprint density at radius 3 is 2.53 bits per heavy atom. The molecule has 2 nitrogen and oxygen atoms in total. The number of nitrogens with one attached hydrogen (secondary N) is 1. The number of thiophene rings is 1. The van der Waals surface area contributed by atoms with Gasteiger partial charge in [-0.15, -0.1) is 11.3 Å². The van der Waals surface area contributed by atoms with E-state index in [2.05, 4.69) is 57.1 Å². The van der Waals surface area contributed by atoms with E-state index in [0.717, 1.165) is 25.6 Å². The Morgan fingerprint density at radius 1 is 1.29 bits per heavy atom. The van der Waals surface area contributed by atoms with Crippen molar-refractivity contribution in [3.05, 3.63) is 21.9 Å². The minimum Gasteiger partial charge on any atom is -0.311 e. The van der Waals surface area contributed by atoms with Crippen LogP contribution in [-0.2, 0) is 6.54 Å². The van der Waals surface area contributed by atoms with Crippen molar-refractivity contribution in [3.63, 3.8) is 0 Å². The minimum absolute atomic E-state index is 0.654. The van der Waals surface area contributed by atoms with Crippen LogP contribution in [0.4, 0.5) is 0 Å². The van der Waals surface area contributed by atoms with Crippen LogP contribution in [0.2, 0.25) is 0 Å². The molecule has 1 aromatic rings. The van der Waals surface area contributed by atoms with E-state index >= 15 is 0 Å². The lowest BCUT2D eigenvalue weighted by atomic mass is 10.1. The maximum Gasteiger partial charge on any atom is 0.0300 e. The third-order valence-corrected chi connectivity index (χ3v) is 4.40. The van der Waals surface area contributed by atoms with E-state index in [1.807, 2.05) is 11.3 Å². The highest BCUT2D eigenvalue weighted by molar-refractivity contribution is 7.11. The normalized spacial score (nSPS) is 13.6. The van der Waals surface area contributed by atoms with Gasteiger partial charge in [0.05, 0.1) is 0 Å². The molecule has 0 saturated heterocycles. The molecule has 98 valence electrons. The first-order valence-electron chi connectivity index (χ1n) is 6.47. The summed E-state index contributed by atoms with van der Waals surface area (Å²) in [6, 6.07) is 5.06. The zero-order chi connectivity index (χ0) is 12.8. The fourth-order valence-electron chi connectivity index (χ4n) is 1.76. The first-order chi connectivity index (χ1) is 8.00. The molecule has 1 rings (SSSR count). The van der Waals surface area contributed by atoms with Gasteiger partial charge in [0.2, 0.25) is 0 Å². The van der Waals surface area contributed by atoms with Crippen molar-refractivity contribution in [1.82, 2.24) is 10.2 Å². The minimum atomic E-state index is 0.654. The first kappa shape index (κ1) is 14.7. The number of nitrogens with zero attached hydrogens (tertiary/aromatic N) is 1. The van der Waals surface area contributed by atoms with Crippen molar-refractivity contribution >= 4 is 11.3 Å². The molecular formula is C14H26N2S. The van der Waals surface area contributed by atoms with Crippen molar-refractivity contribution < 1.29 is 0 Å². The third kappa shape index (κ3) is 5.19. The average molecular weight is 254 g/mol. The van der Waals surface area contributed by atoms with Gasteiger partial charge in [-0.3, -0.25) is 0 Å². The molecule has 0 aliphatic carbocycles. The number of hydrogen-bond acceptors (Lipinski definition) is 3. The van der Waals surface area contributed by atoms with Crippen LogP contribution < -0.4 is 5.32 Å². The number of likely N-dealkylation sites (N-methyl/N-ethyl adjacent to an activating group) is 1. The molecule has 0 aromatic carbocycles. The zero-order valence-corrected chi connectivity index (χ0v) is 12.6. The van der Waals surface area contributed by atoms with E-state index in [0.29, 0.717) is 6.04 Å². The summed E-state index contributed by atoms with van der Waals surface area (Å²) in [7, 11) is 2.21. The molecule has 0 aliphatic heterocycles. The summed E-state index contributed by atoms with van der Waals surface area (Å²) < 4.78 is 0. The second kappa shape index (κ2) is 7.14. The van der Waals surface area contributed by atoms with Gasteiger partial charge >= 0.3 is 0 Å². The van der Waals surface area contributed by atoms with Gasteiger partial charge in [-0.2, -0.15) is 0 Å². The van der Waals surface area contributed by atoms with Gasteiger partial charge in [0, 0.05) is 35.4 Å². The second-order valence-electron chi connectivity index (χ2n) is 5.15. The van der Waals surface area contributed by atoms with Gasteiger partial charge < -0.3 is 10.2 Å². The van der Waals surface area contributed by atoms with Crippen molar-refractivity contribution in [3.8, 4) is 0 Å². The number of rotatable bonds is 7. The second-order valence-corrected chi connectivity index (χ2v) is 6.53. The molecular weight excluding hydrogens is 228 g/mol. The predicted molar refractivity (Wildman–Crippen MR) is 77.7 cm³/mol. The van der Waals surface area contributed by atoms with Crippen LogP contribution in [0.3, 0.4) is 0 Å². The molecule has 1 unspecified atom stereocenters. The Kier molecular flexibility index (Phi) is 6.17. The van der Waals surface area contributed by atoms with Gasteiger partial charge in [-0.1, -0.05) is 13.8 Å². The van der Waals surface area contributed by atoms with Crippen LogP contribution in [0.1, 0.15) is 30.5 Å². The molecule has 1 heterocycles. The summed E-state index contributed by atoms with van der Waals surface area (Å²) in [4.78, 5) is 5.26. The van der Waals surface area contributed by atoms with Crippen molar-refractivity contribution in [2.45, 2.75) is 40.3 Å². The Labute approximate surface area is 110 Å². The standard InChI is InChI=1S/C14H26N2S/c1-11(2)13(4)16(5)9-8-15-10-14-7-6-12(3)17-14/h6-7,11,13,15H,8-10H2,1-5H3. The maximum absolute atomic E-state index is 3.51. The first-order valence-corrected chi connectivity index (χ1v) is 7.28. The summed E-state index contributed by atoms with van der Waals surface area (Å²) >= 11 is 1.88. The van der Waals surface area contributed by atoms with Gasteiger partial charge in [0.25, 0.3) is 0 Å². The average Bonchev–Trinajstić information content (AvgIpc) is 2.69. The summed E-state index contributed by atoms with van der Waals surface area (Å²) in [6.45, 7) is 12.2. The highest BCUT2D eigenvalue weighted by Crippen LogP contribution is 2.14. The Balaban J connectivity index is 2.16. The Morgan fingerprint density at radius 2 is 2.00 bits per heavy atom. The summed E-state index contributed by atoms with van der Waals surface area (Å²) in [6.07, 6.45) is 0. The monoisotopic (exact) mass is 254 g/mol. The zero-order valence-electron chi connectivity index (χ0n) is 11.8. The molecule has 1 aromatic heterocycles. The highest BCUT2D eigenvalue weighted by Gasteiger charge is 2.11. The van der Waals surface area contributed by atoms with Gasteiger partial charge in [0.15, 0.2) is 0 Å². The van der Waals surface area contributed by atoms with Crippen LogP contribution in [0, 0.1) is 12.8 Å². The quantitative estimate of drug-likeness (QED) is 0.752. The number of hydrogen-bond donors (Lipinski definition) is 1. The lowest BCUT2D eigenvalue weighted by Crippen LogP contribution is -2.37. The van der Waals surface area contributed by atoms with Crippen molar-refractivity contribution in [2.75, 3.05) is 20.1 Å². The Hall–Kier alpha value is -0.380. The highest BCUT2D eigenvalue weighted by atomic mass is 32.1. The van der Waals surface area contributed by atoms with Crippen LogP contribution in [0.25, 0.3) is 0 Å². The molecule has 0 saturated carbocycles. The van der Waals surface area contributed by atoms with Crippen LogP contribution in [0.5, 0.6) is 0 Å². The fourth-order valence-corrected chi connectivity index (χ4v) is 2.62. The van der Waals surface area contributed by atoms with Gasteiger partial charge in [-0.25, -0.2) is 0 Å². The van der Waals surface area contributed by atoms with E-state index in [9.17, 15) is 0 Å². The van der Waals surface area contributed by atoms with E-state index in [-0.39, 0.29) is 0 Å². The molecule has 17 heavy (non-hydrogen) atoms. The van der Waals surface area contributed by atoms with E-state index in [4.69, 9.17) is 0 Å². The van der Waals surface area contributed by atoms with Crippen LogP contribution >= 0.6 is 11.3 Å². The smallest absolute Gasteiger partial charge is 0.0300 e. The lowest BCUT2D eigenvalue weighted by Gasteiger charge is -2.27. The van der Waals surface area contributed by atoms with Gasteiger partial charge in [0.1, 0.15) is 0 Å². The third-order valence-electron chi connectivity index (χ3n) is 3.40. The molecule has 0 radical (unpaired) electrons. The SMILES string of the molecule is Cc1ccc(CNCCN(C)C(C)C(C)C)s1. The van der Waals surface area contributed by atoms with E-state index < -0.39 is 0 Å². The van der Waals surface area contributed by atoms with Crippen LogP contribution in [-0.4, -0.2) is 31.1 Å². The summed E-state index contributed by atoms with van der Waals surface area (Å²) in [5.41, 5.74) is 0. The fraction of sp³-hybridized carbons (Fsp3) is 0.714. The molecule has 0 spiro atoms. The van der Waals surface area contributed by atoms with Crippen LogP contribution in [0.15, 0.2) is 12.1 Å². The van der Waals surface area contributed by atoms with Crippen molar-refractivity contribution in [1.29, 1.82) is 0 Å². The molecule has 1 atom stereocenters. The van der Waals surface area contributed by atoms with Crippen molar-refractivity contribution in [2.24, 2.45) is 5.92 Å². The molecule has 0 fully saturated rings. The molecule has 3 heteroatoms. The van der Waals surface area contributed by atoms with E-state index in [1.165, 1.54) is 9.75 Å². The predicted octanol–water partition coefficient (Wildman–Crippen LogP) is 3.12. The summed E-state index contributed by atoms with van der Waals surface area (Å²) in [5, 5.41) is 3.51. The molecule has 0 bridgehead atoms. The maximum atomic E-state index is 3.51. The van der Waals surface area contributed by atoms with E-state index in [1.54, 1.807) is 0 Å². The molecule has 1 N–H and O–H groups in total. The largest absolute Gasteiger partial charge is 0.311 e. The molecule has 0 amide bonds. The number of aryl methyl sites for hydroxylation is 1. The summed E-state index contributed by atoms with van der Waals surface area (Å²) in [5.74, 6) is 0.722.